The van der Waals surface area contributed by atoms with E-state index in [4.69, 9.17) is 0 Å². The van der Waals surface area contributed by atoms with E-state index in [1.165, 1.54) is 5.56 Å². The van der Waals surface area contributed by atoms with Crippen LogP contribution < -0.4 is 0 Å². The van der Waals surface area contributed by atoms with Crippen molar-refractivity contribution in [3.05, 3.63) is 30.1 Å². The summed E-state index contributed by atoms with van der Waals surface area (Å²) in [4.78, 5) is 6.08. The first-order chi connectivity index (χ1) is 6.29. The monoisotopic (exact) mass is 178 g/mol. The Labute approximate surface area is 78.0 Å². The highest BCUT2D eigenvalue weighted by atomic mass is 16.3. The molecule has 0 bridgehead atoms. The van der Waals surface area contributed by atoms with Gasteiger partial charge in [-0.25, -0.2) is 0 Å². The lowest BCUT2D eigenvalue weighted by molar-refractivity contribution is 0.0373. The number of aliphatic hydroxyl groups is 1. The molecule has 1 aliphatic rings. The largest absolute Gasteiger partial charge is 0.378 e. The molecule has 1 aliphatic heterocycles. The van der Waals surface area contributed by atoms with Crippen LogP contribution in [-0.4, -0.2) is 28.3 Å². The second-order valence-corrected chi connectivity index (χ2v) is 3.53. The Balaban J connectivity index is 2.19. The van der Waals surface area contributed by atoms with Crippen molar-refractivity contribution in [2.24, 2.45) is 0 Å². The molecular weight excluding hydrogens is 164 g/mol. The van der Waals surface area contributed by atoms with Gasteiger partial charge in [0, 0.05) is 18.4 Å². The number of likely N-dealkylation sites (tertiary alicyclic amines) is 1. The Morgan fingerprint density at radius 1 is 1.54 bits per heavy atom. The molecule has 70 valence electrons. The minimum Gasteiger partial charge on any atom is -0.378 e. The molecule has 0 aliphatic carbocycles. The summed E-state index contributed by atoms with van der Waals surface area (Å²) in [6, 6.07) is 4.34. The molecule has 0 unspecified atom stereocenters. The van der Waals surface area contributed by atoms with Crippen LogP contribution in [0.25, 0.3) is 0 Å². The predicted molar refractivity (Wildman–Crippen MR) is 50.0 cm³/mol. The quantitative estimate of drug-likeness (QED) is 0.701. The Morgan fingerprint density at radius 2 is 2.38 bits per heavy atom. The number of pyridine rings is 1. The highest BCUT2D eigenvalue weighted by molar-refractivity contribution is 5.15. The van der Waals surface area contributed by atoms with Gasteiger partial charge in [0.1, 0.15) is 6.23 Å². The van der Waals surface area contributed by atoms with Crippen molar-refractivity contribution in [3.63, 3.8) is 0 Å². The van der Waals surface area contributed by atoms with Gasteiger partial charge < -0.3 is 5.11 Å². The van der Waals surface area contributed by atoms with E-state index in [2.05, 4.69) is 11.1 Å². The fraction of sp³-hybridized carbons (Fsp3) is 0.500. The fourth-order valence-electron chi connectivity index (χ4n) is 1.90. The van der Waals surface area contributed by atoms with E-state index in [-0.39, 0.29) is 6.23 Å². The molecule has 1 fully saturated rings. The average molecular weight is 178 g/mol. The van der Waals surface area contributed by atoms with Gasteiger partial charge >= 0.3 is 0 Å². The summed E-state index contributed by atoms with van der Waals surface area (Å²) >= 11 is 0. The molecule has 1 saturated heterocycles. The van der Waals surface area contributed by atoms with Crippen LogP contribution in [-0.2, 0) is 0 Å². The van der Waals surface area contributed by atoms with E-state index in [1.54, 1.807) is 6.20 Å². The van der Waals surface area contributed by atoms with E-state index in [0.29, 0.717) is 6.04 Å². The van der Waals surface area contributed by atoms with Crippen molar-refractivity contribution in [2.75, 3.05) is 7.05 Å². The maximum Gasteiger partial charge on any atom is 0.107 e. The first-order valence-electron chi connectivity index (χ1n) is 4.59. The Morgan fingerprint density at radius 3 is 2.92 bits per heavy atom. The second-order valence-electron chi connectivity index (χ2n) is 3.53. The zero-order chi connectivity index (χ0) is 9.26. The maximum atomic E-state index is 9.53. The normalized spacial score (nSPS) is 29.4. The van der Waals surface area contributed by atoms with Crippen molar-refractivity contribution in [3.8, 4) is 0 Å². The lowest BCUT2D eigenvalue weighted by Crippen LogP contribution is -2.26. The minimum atomic E-state index is -0.287. The first kappa shape index (κ1) is 8.66. The molecule has 1 aromatic heterocycles. The van der Waals surface area contributed by atoms with Gasteiger partial charge in [-0.15, -0.1) is 0 Å². The van der Waals surface area contributed by atoms with Gasteiger partial charge in [-0.05, 0) is 31.5 Å². The molecule has 3 nitrogen and oxygen atoms in total. The van der Waals surface area contributed by atoms with Crippen LogP contribution in [0.5, 0.6) is 0 Å². The van der Waals surface area contributed by atoms with Crippen LogP contribution in [0.1, 0.15) is 24.4 Å². The number of aromatic nitrogens is 1. The number of rotatable bonds is 1. The molecule has 1 N–H and O–H groups in total. The zero-order valence-corrected chi connectivity index (χ0v) is 7.72. The molecule has 2 atom stereocenters. The third kappa shape index (κ3) is 1.57. The molecule has 2 heterocycles. The molecule has 2 rings (SSSR count). The molecular formula is C10H14N2O. The van der Waals surface area contributed by atoms with Gasteiger partial charge in [-0.2, -0.15) is 0 Å². The molecule has 0 amide bonds. The van der Waals surface area contributed by atoms with Crippen molar-refractivity contribution in [1.82, 2.24) is 9.88 Å². The predicted octanol–water partition coefficient (Wildman–Crippen LogP) is 1.17. The standard InChI is InChI=1S/C10H14N2O/c1-12-9(4-5-10(12)13)8-3-2-6-11-7-8/h2-3,6-7,9-10,13H,4-5H2,1H3/t9-,10-/m0/s1. The summed E-state index contributed by atoms with van der Waals surface area (Å²) in [5, 5.41) is 9.53. The molecule has 0 radical (unpaired) electrons. The summed E-state index contributed by atoms with van der Waals surface area (Å²) < 4.78 is 0. The Hall–Kier alpha value is -0.930. The Bertz CT molecular complexity index is 276. The van der Waals surface area contributed by atoms with Crippen LogP contribution in [0.15, 0.2) is 24.5 Å². The van der Waals surface area contributed by atoms with E-state index in [1.807, 2.05) is 24.2 Å². The van der Waals surface area contributed by atoms with Crippen LogP contribution in [0.4, 0.5) is 0 Å². The van der Waals surface area contributed by atoms with Crippen LogP contribution in [0.3, 0.4) is 0 Å². The Kier molecular flexibility index (Phi) is 2.29. The highest BCUT2D eigenvalue weighted by Gasteiger charge is 2.29. The molecule has 1 aromatic rings. The summed E-state index contributed by atoms with van der Waals surface area (Å²) in [5.74, 6) is 0. The third-order valence-electron chi connectivity index (χ3n) is 2.73. The average Bonchev–Trinajstić information content (AvgIpc) is 2.49. The lowest BCUT2D eigenvalue weighted by Gasteiger charge is -2.22. The van der Waals surface area contributed by atoms with Crippen molar-refractivity contribution < 1.29 is 5.11 Å². The zero-order valence-electron chi connectivity index (χ0n) is 7.72. The van der Waals surface area contributed by atoms with E-state index in [9.17, 15) is 5.11 Å². The second kappa shape index (κ2) is 3.44. The van der Waals surface area contributed by atoms with Gasteiger partial charge in [-0.3, -0.25) is 9.88 Å². The number of hydrogen-bond acceptors (Lipinski definition) is 3. The van der Waals surface area contributed by atoms with E-state index in [0.717, 1.165) is 12.8 Å². The molecule has 0 aromatic carbocycles. The van der Waals surface area contributed by atoms with Crippen LogP contribution in [0, 0.1) is 0 Å². The smallest absolute Gasteiger partial charge is 0.107 e. The van der Waals surface area contributed by atoms with Crippen molar-refractivity contribution in [2.45, 2.75) is 25.1 Å². The van der Waals surface area contributed by atoms with Gasteiger partial charge in [0.05, 0.1) is 0 Å². The summed E-state index contributed by atoms with van der Waals surface area (Å²) in [7, 11) is 1.95. The van der Waals surface area contributed by atoms with Crippen molar-refractivity contribution in [1.29, 1.82) is 0 Å². The number of aliphatic hydroxyl groups excluding tert-OH is 1. The van der Waals surface area contributed by atoms with E-state index < -0.39 is 0 Å². The van der Waals surface area contributed by atoms with Crippen LogP contribution >= 0.6 is 0 Å². The lowest BCUT2D eigenvalue weighted by atomic mass is 10.1. The molecule has 0 spiro atoms. The first-order valence-corrected chi connectivity index (χ1v) is 4.59. The summed E-state index contributed by atoms with van der Waals surface area (Å²) in [5.41, 5.74) is 1.20. The summed E-state index contributed by atoms with van der Waals surface area (Å²) in [6.45, 7) is 0. The molecule has 13 heavy (non-hydrogen) atoms. The SMILES string of the molecule is CN1[C@@H](O)CC[C@H]1c1cccnc1. The van der Waals surface area contributed by atoms with E-state index >= 15 is 0 Å². The molecule has 3 heteroatoms. The third-order valence-corrected chi connectivity index (χ3v) is 2.73. The number of nitrogens with zero attached hydrogens (tertiary/aromatic N) is 2. The minimum absolute atomic E-state index is 0.287. The van der Waals surface area contributed by atoms with Gasteiger partial charge in [0.15, 0.2) is 0 Å². The van der Waals surface area contributed by atoms with Crippen LogP contribution in [0.2, 0.25) is 0 Å². The maximum absolute atomic E-state index is 9.53. The fourth-order valence-corrected chi connectivity index (χ4v) is 1.90. The van der Waals surface area contributed by atoms with Gasteiger partial charge in [-0.1, -0.05) is 6.07 Å². The number of hydrogen-bond donors (Lipinski definition) is 1. The summed E-state index contributed by atoms with van der Waals surface area (Å²) in [6.07, 6.45) is 5.23. The topological polar surface area (TPSA) is 36.4 Å². The van der Waals surface area contributed by atoms with Gasteiger partial charge in [0.25, 0.3) is 0 Å². The van der Waals surface area contributed by atoms with Gasteiger partial charge in [0.2, 0.25) is 0 Å². The highest BCUT2D eigenvalue weighted by Crippen LogP contribution is 2.32. The van der Waals surface area contributed by atoms with Crippen molar-refractivity contribution >= 4 is 0 Å². The molecule has 0 saturated carbocycles.